The predicted octanol–water partition coefficient (Wildman–Crippen LogP) is 2.77. The molecule has 1 nitrogen and oxygen atoms in total. The molecule has 2 aliphatic heterocycles. The molecule has 0 aromatic carbocycles. The zero-order valence-corrected chi connectivity index (χ0v) is 9.02. The number of hydrogen-bond donors (Lipinski definition) is 0. The normalized spacial score (nSPS) is 35.4. The summed E-state index contributed by atoms with van der Waals surface area (Å²) in [6, 6.07) is 0.865. The van der Waals surface area contributed by atoms with Gasteiger partial charge in [-0.15, -0.1) is 0 Å². The first kappa shape index (κ1) is 8.76. The molecule has 3 fully saturated rings. The third kappa shape index (κ3) is 1.74. The smallest absolute Gasteiger partial charge is 0.0296 e. The Kier molecular flexibility index (Phi) is 2.56. The quantitative estimate of drug-likeness (QED) is 0.705. The van der Waals surface area contributed by atoms with E-state index in [2.05, 4.69) is 27.4 Å². The Balaban J connectivity index is 1.95. The van der Waals surface area contributed by atoms with E-state index in [1.807, 2.05) is 0 Å². The molecule has 2 heterocycles. The van der Waals surface area contributed by atoms with Gasteiger partial charge in [-0.1, -0.05) is 22.5 Å². The monoisotopic (exact) mass is 229 g/mol. The molecule has 12 heavy (non-hydrogen) atoms. The second-order valence-electron chi connectivity index (χ2n) is 4.12. The van der Waals surface area contributed by atoms with Crippen molar-refractivity contribution in [2.75, 3.05) is 13.1 Å². The molecule has 0 atom stereocenters. The van der Waals surface area contributed by atoms with E-state index in [0.717, 1.165) is 23.0 Å². The lowest BCUT2D eigenvalue weighted by Gasteiger charge is -2.45. The van der Waals surface area contributed by atoms with Crippen molar-refractivity contribution in [1.82, 2.24) is 4.90 Å². The van der Waals surface area contributed by atoms with E-state index in [4.69, 9.17) is 0 Å². The second-order valence-corrected chi connectivity index (χ2v) is 5.24. The minimum absolute atomic E-state index is 0.865. The van der Waals surface area contributed by atoms with Crippen molar-refractivity contribution in [2.45, 2.75) is 31.7 Å². The average Bonchev–Trinajstić information content (AvgIpc) is 2.05. The van der Waals surface area contributed by atoms with E-state index in [1.165, 1.54) is 32.2 Å². The molecule has 0 aromatic heterocycles. The molecule has 3 aliphatic rings. The van der Waals surface area contributed by atoms with Crippen LogP contribution in [-0.4, -0.2) is 24.0 Å². The SMILES string of the molecule is C=C(Br)CN1CC2CCC1CC2. The minimum Gasteiger partial charge on any atom is -0.295 e. The first-order chi connectivity index (χ1) is 5.75. The van der Waals surface area contributed by atoms with Crippen molar-refractivity contribution in [3.05, 3.63) is 11.1 Å². The largest absolute Gasteiger partial charge is 0.295 e. The van der Waals surface area contributed by atoms with Crippen molar-refractivity contribution >= 4 is 15.9 Å². The van der Waals surface area contributed by atoms with Gasteiger partial charge in [0.15, 0.2) is 0 Å². The van der Waals surface area contributed by atoms with Crippen LogP contribution in [0.2, 0.25) is 0 Å². The van der Waals surface area contributed by atoms with Crippen LogP contribution < -0.4 is 0 Å². The lowest BCUT2D eigenvalue weighted by atomic mass is 9.80. The number of piperidine rings is 2. The van der Waals surface area contributed by atoms with Crippen molar-refractivity contribution < 1.29 is 0 Å². The van der Waals surface area contributed by atoms with Gasteiger partial charge in [0.25, 0.3) is 0 Å². The summed E-state index contributed by atoms with van der Waals surface area (Å²) < 4.78 is 1.13. The van der Waals surface area contributed by atoms with Crippen LogP contribution in [0.15, 0.2) is 11.1 Å². The van der Waals surface area contributed by atoms with Gasteiger partial charge in [0.05, 0.1) is 0 Å². The van der Waals surface area contributed by atoms with Crippen molar-refractivity contribution in [3.63, 3.8) is 0 Å². The van der Waals surface area contributed by atoms with Gasteiger partial charge in [0.2, 0.25) is 0 Å². The van der Waals surface area contributed by atoms with Crippen LogP contribution in [0.5, 0.6) is 0 Å². The summed E-state index contributed by atoms with van der Waals surface area (Å²) >= 11 is 3.45. The van der Waals surface area contributed by atoms with Crippen LogP contribution in [0.25, 0.3) is 0 Å². The minimum atomic E-state index is 0.865. The maximum absolute atomic E-state index is 3.91. The molecule has 0 unspecified atom stereocenters. The highest BCUT2D eigenvalue weighted by Gasteiger charge is 2.33. The van der Waals surface area contributed by atoms with Gasteiger partial charge in [-0.2, -0.15) is 0 Å². The maximum Gasteiger partial charge on any atom is 0.0296 e. The first-order valence-electron chi connectivity index (χ1n) is 4.83. The lowest BCUT2D eigenvalue weighted by molar-refractivity contribution is 0.0589. The zero-order valence-electron chi connectivity index (χ0n) is 7.43. The molecule has 3 rings (SSSR count). The van der Waals surface area contributed by atoms with Gasteiger partial charge >= 0.3 is 0 Å². The molecule has 0 N–H and O–H groups in total. The van der Waals surface area contributed by atoms with E-state index in [1.54, 1.807) is 0 Å². The molecule has 2 saturated heterocycles. The van der Waals surface area contributed by atoms with E-state index < -0.39 is 0 Å². The van der Waals surface area contributed by atoms with Gasteiger partial charge in [-0.05, 0) is 31.6 Å². The van der Waals surface area contributed by atoms with Gasteiger partial charge < -0.3 is 0 Å². The fourth-order valence-corrected chi connectivity index (χ4v) is 2.91. The van der Waals surface area contributed by atoms with Crippen LogP contribution in [-0.2, 0) is 0 Å². The fourth-order valence-electron chi connectivity index (χ4n) is 2.59. The topological polar surface area (TPSA) is 3.24 Å². The van der Waals surface area contributed by atoms with Gasteiger partial charge in [-0.25, -0.2) is 0 Å². The van der Waals surface area contributed by atoms with Crippen LogP contribution in [0.3, 0.4) is 0 Å². The highest BCUT2D eigenvalue weighted by Crippen LogP contribution is 2.35. The summed E-state index contributed by atoms with van der Waals surface area (Å²) in [6.07, 6.45) is 5.78. The molecule has 0 amide bonds. The van der Waals surface area contributed by atoms with Crippen molar-refractivity contribution in [3.8, 4) is 0 Å². The Morgan fingerprint density at radius 1 is 1.33 bits per heavy atom. The summed E-state index contributed by atoms with van der Waals surface area (Å²) in [4.78, 5) is 2.59. The Labute approximate surface area is 82.9 Å². The van der Waals surface area contributed by atoms with Crippen LogP contribution in [0, 0.1) is 5.92 Å². The number of nitrogens with zero attached hydrogens (tertiary/aromatic N) is 1. The number of halogens is 1. The standard InChI is InChI=1S/C10H16BrN/c1-8(11)6-12-7-9-2-4-10(12)5-3-9/h9-10H,1-7H2. The molecule has 0 spiro atoms. The first-order valence-corrected chi connectivity index (χ1v) is 5.62. The van der Waals surface area contributed by atoms with Crippen LogP contribution >= 0.6 is 15.9 Å². The lowest BCUT2D eigenvalue weighted by Crippen LogP contribution is -2.48. The van der Waals surface area contributed by atoms with Gasteiger partial charge in [0, 0.05) is 23.6 Å². The Morgan fingerprint density at radius 2 is 2.00 bits per heavy atom. The Bertz CT molecular complexity index is 182. The maximum atomic E-state index is 3.91. The molecule has 68 valence electrons. The third-order valence-electron chi connectivity index (χ3n) is 3.20. The number of hydrogen-bond acceptors (Lipinski definition) is 1. The summed E-state index contributed by atoms with van der Waals surface area (Å²) in [5, 5.41) is 0. The summed E-state index contributed by atoms with van der Waals surface area (Å²) in [7, 11) is 0. The van der Waals surface area contributed by atoms with E-state index in [9.17, 15) is 0 Å². The Morgan fingerprint density at radius 3 is 2.42 bits per heavy atom. The van der Waals surface area contributed by atoms with Crippen molar-refractivity contribution in [1.29, 1.82) is 0 Å². The average molecular weight is 230 g/mol. The predicted molar refractivity (Wildman–Crippen MR) is 55.4 cm³/mol. The molecule has 1 saturated carbocycles. The fraction of sp³-hybridized carbons (Fsp3) is 0.800. The van der Waals surface area contributed by atoms with Crippen molar-refractivity contribution in [2.24, 2.45) is 5.92 Å². The summed E-state index contributed by atoms with van der Waals surface area (Å²) in [6.45, 7) is 6.28. The number of fused-ring (bicyclic) bond motifs is 3. The molecule has 1 aliphatic carbocycles. The molecular weight excluding hydrogens is 214 g/mol. The molecule has 2 heteroatoms. The van der Waals surface area contributed by atoms with Gasteiger partial charge in [0.1, 0.15) is 0 Å². The highest BCUT2D eigenvalue weighted by molar-refractivity contribution is 9.11. The Hall–Kier alpha value is 0.180. The molecule has 0 radical (unpaired) electrons. The van der Waals surface area contributed by atoms with Crippen LogP contribution in [0.1, 0.15) is 25.7 Å². The summed E-state index contributed by atoms with van der Waals surface area (Å²) in [5.74, 6) is 0.988. The molecule has 2 bridgehead atoms. The number of rotatable bonds is 2. The molecular formula is C10H16BrN. The third-order valence-corrected chi connectivity index (χ3v) is 3.45. The van der Waals surface area contributed by atoms with Crippen LogP contribution in [0.4, 0.5) is 0 Å². The zero-order chi connectivity index (χ0) is 8.55. The van der Waals surface area contributed by atoms with E-state index in [0.29, 0.717) is 0 Å². The summed E-state index contributed by atoms with van der Waals surface area (Å²) in [5.41, 5.74) is 0. The van der Waals surface area contributed by atoms with Gasteiger partial charge in [-0.3, -0.25) is 4.90 Å². The van der Waals surface area contributed by atoms with E-state index >= 15 is 0 Å². The molecule has 0 aromatic rings. The highest BCUT2D eigenvalue weighted by atomic mass is 79.9. The second kappa shape index (κ2) is 3.51. The van der Waals surface area contributed by atoms with E-state index in [-0.39, 0.29) is 0 Å².